The summed E-state index contributed by atoms with van der Waals surface area (Å²) in [5.41, 5.74) is 3.59. The van der Waals surface area contributed by atoms with Crippen LogP contribution in [0.5, 0.6) is 5.75 Å². The molecule has 1 aromatic carbocycles. The van der Waals surface area contributed by atoms with Gasteiger partial charge in [-0.2, -0.15) is 10.4 Å². The van der Waals surface area contributed by atoms with Crippen LogP contribution in [-0.4, -0.2) is 50.6 Å². The van der Waals surface area contributed by atoms with Gasteiger partial charge in [-0.1, -0.05) is 13.8 Å². The van der Waals surface area contributed by atoms with Crippen molar-refractivity contribution in [1.82, 2.24) is 19.7 Å². The van der Waals surface area contributed by atoms with E-state index in [1.165, 1.54) is 13.2 Å². The van der Waals surface area contributed by atoms with E-state index in [1.54, 1.807) is 18.3 Å². The molecule has 1 aliphatic rings. The highest BCUT2D eigenvalue weighted by molar-refractivity contribution is 5.94. The summed E-state index contributed by atoms with van der Waals surface area (Å²) in [7, 11) is 1.40. The third-order valence-electron chi connectivity index (χ3n) is 6.62. The molecular formula is C25H24FN5O4. The maximum absolute atomic E-state index is 14.3. The molecule has 0 saturated carbocycles. The van der Waals surface area contributed by atoms with Crippen LogP contribution in [0, 0.1) is 17.1 Å². The lowest BCUT2D eigenvalue weighted by molar-refractivity contribution is -0.147. The van der Waals surface area contributed by atoms with Crippen LogP contribution < -0.4 is 4.74 Å². The number of carboxylic acids is 1. The summed E-state index contributed by atoms with van der Waals surface area (Å²) in [4.78, 5) is 16.5. The zero-order valence-electron chi connectivity index (χ0n) is 19.5. The number of rotatable bonds is 6. The number of pyridine rings is 1. The Morgan fingerprint density at radius 1 is 1.43 bits per heavy atom. The van der Waals surface area contributed by atoms with Crippen LogP contribution in [0.25, 0.3) is 27.8 Å². The smallest absolute Gasteiger partial charge is 0.332 e. The first kappa shape index (κ1) is 22.8. The molecule has 1 saturated heterocycles. The van der Waals surface area contributed by atoms with Crippen molar-refractivity contribution in [2.45, 2.75) is 44.1 Å². The molecule has 1 aliphatic heterocycles. The van der Waals surface area contributed by atoms with Crippen molar-refractivity contribution >= 4 is 28.0 Å². The number of methoxy groups -OCH3 is 1. The van der Waals surface area contributed by atoms with E-state index >= 15 is 0 Å². The highest BCUT2D eigenvalue weighted by atomic mass is 19.1. The van der Waals surface area contributed by atoms with Crippen LogP contribution in [0.1, 0.15) is 43.9 Å². The molecule has 180 valence electrons. The van der Waals surface area contributed by atoms with E-state index in [1.807, 2.05) is 24.5 Å². The van der Waals surface area contributed by atoms with Crippen molar-refractivity contribution in [1.29, 1.82) is 5.26 Å². The number of nitrogens with one attached hydrogen (secondary N) is 1. The molecule has 5 rings (SSSR count). The van der Waals surface area contributed by atoms with Gasteiger partial charge in [-0.15, -0.1) is 0 Å². The van der Waals surface area contributed by atoms with Gasteiger partial charge in [0.2, 0.25) is 0 Å². The second-order valence-electron chi connectivity index (χ2n) is 9.39. The number of nitriles is 1. The topological polar surface area (TPSA) is 126 Å². The monoisotopic (exact) mass is 477 g/mol. The average Bonchev–Trinajstić information content (AvgIpc) is 3.54. The number of hydrogen-bond donors (Lipinski definition) is 2. The zero-order chi connectivity index (χ0) is 24.9. The quantitative estimate of drug-likeness (QED) is 0.426. The molecule has 1 unspecified atom stereocenters. The Morgan fingerprint density at radius 2 is 2.23 bits per heavy atom. The van der Waals surface area contributed by atoms with Gasteiger partial charge in [0.05, 0.1) is 37.0 Å². The summed E-state index contributed by atoms with van der Waals surface area (Å²) in [6.45, 7) is 4.13. The van der Waals surface area contributed by atoms with Gasteiger partial charge < -0.3 is 19.1 Å². The first-order chi connectivity index (χ1) is 16.7. The number of carboxylic acid groups (broad SMARTS) is 1. The summed E-state index contributed by atoms with van der Waals surface area (Å²) in [5.74, 6) is -1.68. The van der Waals surface area contributed by atoms with Gasteiger partial charge >= 0.3 is 5.97 Å². The van der Waals surface area contributed by atoms with Gasteiger partial charge in [0, 0.05) is 46.2 Å². The number of halogens is 1. The van der Waals surface area contributed by atoms with Crippen LogP contribution in [-0.2, 0) is 14.9 Å². The number of hydrogen-bond acceptors (Lipinski definition) is 6. The molecule has 2 atom stereocenters. The highest BCUT2D eigenvalue weighted by Gasteiger charge is 2.40. The number of aliphatic carboxylic acids is 1. The summed E-state index contributed by atoms with van der Waals surface area (Å²) in [5, 5.41) is 27.0. The lowest BCUT2D eigenvalue weighted by atomic mass is 9.80. The molecule has 0 aliphatic carbocycles. The Morgan fingerprint density at radius 3 is 2.91 bits per heavy atom. The lowest BCUT2D eigenvalue weighted by Gasteiger charge is -2.27. The minimum atomic E-state index is -1.01. The number of ether oxygens (including phenoxy) is 2. The van der Waals surface area contributed by atoms with E-state index in [0.717, 1.165) is 22.2 Å². The molecule has 10 heteroatoms. The van der Waals surface area contributed by atoms with Crippen LogP contribution >= 0.6 is 0 Å². The van der Waals surface area contributed by atoms with Crippen molar-refractivity contribution in [3.05, 3.63) is 47.5 Å². The molecule has 35 heavy (non-hydrogen) atoms. The van der Waals surface area contributed by atoms with E-state index < -0.39 is 23.3 Å². The SMILES string of the molecule is COc1cc(-n2c(C(C)(C)CC#N)c(C3CO[C@H](C(=O)O)C3)c3nc4[nH]ncc4cc32)ccc1F. The first-order valence-electron chi connectivity index (χ1n) is 11.2. The minimum absolute atomic E-state index is 0.0856. The number of aromatic amines is 1. The fourth-order valence-corrected chi connectivity index (χ4v) is 4.98. The van der Waals surface area contributed by atoms with E-state index in [9.17, 15) is 19.6 Å². The van der Waals surface area contributed by atoms with Crippen LogP contribution in [0.2, 0.25) is 0 Å². The van der Waals surface area contributed by atoms with Gasteiger partial charge in [0.1, 0.15) is 0 Å². The largest absolute Gasteiger partial charge is 0.494 e. The van der Waals surface area contributed by atoms with Crippen LogP contribution in [0.3, 0.4) is 0 Å². The van der Waals surface area contributed by atoms with Gasteiger partial charge in [-0.05, 0) is 24.6 Å². The molecule has 0 radical (unpaired) electrons. The summed E-state index contributed by atoms with van der Waals surface area (Å²) in [6.07, 6.45) is 1.22. The van der Waals surface area contributed by atoms with Gasteiger partial charge in [-0.3, -0.25) is 5.10 Å². The van der Waals surface area contributed by atoms with Crippen LogP contribution in [0.15, 0.2) is 30.5 Å². The minimum Gasteiger partial charge on any atom is -0.494 e. The molecule has 1 fully saturated rings. The molecule has 4 heterocycles. The molecule has 3 aromatic heterocycles. The Balaban J connectivity index is 1.89. The standard InChI is InChI=1S/C25H24FN5O4/c1-25(2,6-7-27)22-20(14-9-19(24(32)33)35-12-14)21-17(8-13-11-28-30-23(13)29-21)31(22)15-4-5-16(26)18(10-15)34-3/h4-5,8,10-11,14,19H,6,9,12H2,1-3H3,(H,32,33)(H,28,29,30)/t14?,19-/m0/s1. The first-order valence-corrected chi connectivity index (χ1v) is 11.2. The lowest BCUT2D eigenvalue weighted by Crippen LogP contribution is -2.24. The molecular weight excluding hydrogens is 453 g/mol. The molecule has 0 bridgehead atoms. The fraction of sp³-hybridized carbons (Fsp3) is 0.360. The average molecular weight is 477 g/mol. The maximum Gasteiger partial charge on any atom is 0.332 e. The molecule has 0 amide bonds. The van der Waals surface area contributed by atoms with Crippen LogP contribution in [0.4, 0.5) is 4.39 Å². The number of fused-ring (bicyclic) bond motifs is 2. The summed E-state index contributed by atoms with van der Waals surface area (Å²) < 4.78 is 27.1. The van der Waals surface area contributed by atoms with Crippen molar-refractivity contribution in [2.75, 3.05) is 13.7 Å². The predicted octanol–water partition coefficient (Wildman–Crippen LogP) is 4.20. The van der Waals surface area contributed by atoms with Crippen molar-refractivity contribution in [3.63, 3.8) is 0 Å². The van der Waals surface area contributed by atoms with E-state index in [0.29, 0.717) is 16.9 Å². The maximum atomic E-state index is 14.3. The summed E-state index contributed by atoms with van der Waals surface area (Å²) >= 11 is 0. The molecule has 0 spiro atoms. The zero-order valence-corrected chi connectivity index (χ0v) is 19.5. The van der Waals surface area contributed by atoms with Crippen molar-refractivity contribution < 1.29 is 23.8 Å². The van der Waals surface area contributed by atoms with E-state index in [4.69, 9.17) is 14.5 Å². The Labute approximate surface area is 200 Å². The van der Waals surface area contributed by atoms with Gasteiger partial charge in [0.25, 0.3) is 0 Å². The number of nitrogens with zero attached hydrogens (tertiary/aromatic N) is 4. The van der Waals surface area contributed by atoms with E-state index in [-0.39, 0.29) is 31.1 Å². The van der Waals surface area contributed by atoms with Gasteiger partial charge in [0.15, 0.2) is 23.3 Å². The normalized spacial score (nSPS) is 18.3. The molecule has 4 aromatic rings. The van der Waals surface area contributed by atoms with Gasteiger partial charge in [-0.25, -0.2) is 14.2 Å². The highest BCUT2D eigenvalue weighted by Crippen LogP contribution is 2.45. The predicted molar refractivity (Wildman–Crippen MR) is 125 cm³/mol. The fourth-order valence-electron chi connectivity index (χ4n) is 4.98. The Hall–Kier alpha value is -3.97. The van der Waals surface area contributed by atoms with E-state index in [2.05, 4.69) is 16.3 Å². The third kappa shape index (κ3) is 3.68. The number of aromatic nitrogens is 4. The second-order valence-corrected chi connectivity index (χ2v) is 9.39. The van der Waals surface area contributed by atoms with Crippen molar-refractivity contribution in [3.8, 4) is 17.5 Å². The summed E-state index contributed by atoms with van der Waals surface area (Å²) in [6, 6.07) is 8.81. The Kier molecular flexibility index (Phi) is 5.44. The third-order valence-corrected chi connectivity index (χ3v) is 6.62. The Bertz CT molecular complexity index is 1500. The number of H-pyrrole nitrogens is 1. The van der Waals surface area contributed by atoms with Crippen molar-refractivity contribution in [2.24, 2.45) is 0 Å². The number of carbonyl (C=O) groups is 1. The molecule has 9 nitrogen and oxygen atoms in total. The second kappa shape index (κ2) is 8.36. The molecule has 2 N–H and O–H groups in total. The number of benzene rings is 1.